The quantitative estimate of drug-likeness (QED) is 0.646. The van der Waals surface area contributed by atoms with Crippen molar-refractivity contribution in [3.8, 4) is 0 Å². The minimum atomic E-state index is 0.346. The van der Waals surface area contributed by atoms with Crippen LogP contribution in [-0.4, -0.2) is 0 Å². The van der Waals surface area contributed by atoms with Gasteiger partial charge in [-0.15, -0.1) is 0 Å². The molecule has 3 rings (SSSR count). The van der Waals surface area contributed by atoms with E-state index in [9.17, 15) is 0 Å². The molecule has 0 heterocycles. The predicted molar refractivity (Wildman–Crippen MR) is 91.5 cm³/mol. The van der Waals surface area contributed by atoms with E-state index in [1.165, 1.54) is 19.3 Å². The first-order valence-electron chi connectivity index (χ1n) is 8.52. The van der Waals surface area contributed by atoms with Crippen molar-refractivity contribution in [2.24, 2.45) is 17.3 Å². The molecule has 0 nitrogen and oxygen atoms in total. The molecule has 0 saturated heterocycles. The molecule has 4 atom stereocenters. The molecule has 0 aromatic heterocycles. The summed E-state index contributed by atoms with van der Waals surface area (Å²) in [7, 11) is 0. The molecule has 21 heavy (non-hydrogen) atoms. The molecule has 1 saturated carbocycles. The second-order valence-corrected chi connectivity index (χ2v) is 7.20. The largest absolute Gasteiger partial charge is 0.0805 e. The van der Waals surface area contributed by atoms with E-state index in [1.54, 1.807) is 16.7 Å². The molecule has 0 spiro atoms. The first kappa shape index (κ1) is 14.6. The highest BCUT2D eigenvalue weighted by molar-refractivity contribution is 5.38. The lowest BCUT2D eigenvalue weighted by Gasteiger charge is -2.38. The third-order valence-corrected chi connectivity index (χ3v) is 6.34. The van der Waals surface area contributed by atoms with E-state index in [0.717, 1.165) is 0 Å². The maximum absolute atomic E-state index is 2.49. The molecule has 1 aromatic rings. The van der Waals surface area contributed by atoms with E-state index in [4.69, 9.17) is 0 Å². The number of rotatable bonds is 3. The van der Waals surface area contributed by atoms with Gasteiger partial charge in [0.15, 0.2) is 0 Å². The van der Waals surface area contributed by atoms with Crippen LogP contribution in [0.3, 0.4) is 0 Å². The predicted octanol–water partition coefficient (Wildman–Crippen LogP) is 5.90. The van der Waals surface area contributed by atoms with Crippen molar-refractivity contribution in [1.82, 2.24) is 0 Å². The van der Waals surface area contributed by atoms with E-state index in [1.807, 2.05) is 0 Å². The summed E-state index contributed by atoms with van der Waals surface area (Å²) in [5.41, 5.74) is 5.10. The fraction of sp³-hybridized carbons (Fsp3) is 0.524. The van der Waals surface area contributed by atoms with Gasteiger partial charge in [-0.25, -0.2) is 0 Å². The monoisotopic (exact) mass is 280 g/mol. The van der Waals surface area contributed by atoms with E-state index in [0.29, 0.717) is 23.2 Å². The van der Waals surface area contributed by atoms with Gasteiger partial charge < -0.3 is 0 Å². The number of hydrogen-bond donors (Lipinski definition) is 0. The van der Waals surface area contributed by atoms with Crippen molar-refractivity contribution in [3.05, 3.63) is 59.2 Å². The minimum Gasteiger partial charge on any atom is -0.0805 e. The molecule has 0 amide bonds. The Morgan fingerprint density at radius 2 is 2.00 bits per heavy atom. The minimum absolute atomic E-state index is 0.346. The van der Waals surface area contributed by atoms with Crippen LogP contribution < -0.4 is 0 Å². The van der Waals surface area contributed by atoms with Crippen LogP contribution >= 0.6 is 0 Å². The Morgan fingerprint density at radius 1 is 1.24 bits per heavy atom. The standard InChI is InChI=1S/C21H28/c1-5-9-17-11-6-7-13-19(17)20-14-18-12-8-10-15(2)21(18,4)16(20)3/h6-8,10-13,16,18,20H,5,9,14H2,1-4H3. The number of allylic oxidation sites excluding steroid dienone is 4. The van der Waals surface area contributed by atoms with Gasteiger partial charge in [0, 0.05) is 0 Å². The molecule has 0 N–H and O–H groups in total. The van der Waals surface area contributed by atoms with Gasteiger partial charge in [-0.1, -0.05) is 75.3 Å². The summed E-state index contributed by atoms with van der Waals surface area (Å²) in [5, 5.41) is 0. The molecule has 0 bridgehead atoms. The third-order valence-electron chi connectivity index (χ3n) is 6.34. The summed E-state index contributed by atoms with van der Waals surface area (Å²) in [5.74, 6) is 2.12. The van der Waals surface area contributed by atoms with Gasteiger partial charge in [-0.3, -0.25) is 0 Å². The highest BCUT2D eigenvalue weighted by Crippen LogP contribution is 2.60. The van der Waals surface area contributed by atoms with Gasteiger partial charge in [-0.05, 0) is 54.1 Å². The van der Waals surface area contributed by atoms with Crippen LogP contribution in [0.4, 0.5) is 0 Å². The van der Waals surface area contributed by atoms with Gasteiger partial charge >= 0.3 is 0 Å². The first-order valence-corrected chi connectivity index (χ1v) is 8.52. The zero-order chi connectivity index (χ0) is 15.0. The van der Waals surface area contributed by atoms with Gasteiger partial charge in [0.1, 0.15) is 0 Å². The van der Waals surface area contributed by atoms with E-state index < -0.39 is 0 Å². The number of fused-ring (bicyclic) bond motifs is 1. The molecular formula is C21H28. The fourth-order valence-electron chi connectivity index (χ4n) is 4.71. The highest BCUT2D eigenvalue weighted by atomic mass is 14.5. The molecule has 2 aliphatic rings. The summed E-state index contributed by atoms with van der Waals surface area (Å²) < 4.78 is 0. The van der Waals surface area contributed by atoms with Crippen molar-refractivity contribution in [2.45, 2.75) is 52.9 Å². The third kappa shape index (κ3) is 2.20. The van der Waals surface area contributed by atoms with E-state index in [-0.39, 0.29) is 0 Å². The van der Waals surface area contributed by atoms with Crippen LogP contribution in [0, 0.1) is 17.3 Å². The Morgan fingerprint density at radius 3 is 2.71 bits per heavy atom. The smallest absolute Gasteiger partial charge is 0.00216 e. The van der Waals surface area contributed by atoms with Crippen LogP contribution in [0.5, 0.6) is 0 Å². The van der Waals surface area contributed by atoms with Crippen LogP contribution in [0.1, 0.15) is 57.6 Å². The second-order valence-electron chi connectivity index (χ2n) is 7.20. The number of benzene rings is 1. The van der Waals surface area contributed by atoms with Crippen molar-refractivity contribution >= 4 is 0 Å². The Kier molecular flexibility index (Phi) is 3.82. The molecular weight excluding hydrogens is 252 g/mol. The molecule has 4 unspecified atom stereocenters. The normalized spacial score (nSPS) is 34.7. The van der Waals surface area contributed by atoms with Gasteiger partial charge in [0.25, 0.3) is 0 Å². The fourth-order valence-corrected chi connectivity index (χ4v) is 4.71. The van der Waals surface area contributed by atoms with Gasteiger partial charge in [-0.2, -0.15) is 0 Å². The summed E-state index contributed by atoms with van der Waals surface area (Å²) >= 11 is 0. The molecule has 1 fully saturated rings. The van der Waals surface area contributed by atoms with Crippen molar-refractivity contribution < 1.29 is 0 Å². The lowest BCUT2D eigenvalue weighted by Crippen LogP contribution is -2.30. The van der Waals surface area contributed by atoms with Crippen molar-refractivity contribution in [3.63, 3.8) is 0 Å². The lowest BCUT2D eigenvalue weighted by atomic mass is 9.66. The molecule has 112 valence electrons. The summed E-state index contributed by atoms with van der Waals surface area (Å²) in [4.78, 5) is 0. The van der Waals surface area contributed by atoms with Crippen molar-refractivity contribution in [2.75, 3.05) is 0 Å². The average Bonchev–Trinajstić information content (AvgIpc) is 2.75. The lowest BCUT2D eigenvalue weighted by molar-refractivity contribution is 0.247. The average molecular weight is 280 g/mol. The van der Waals surface area contributed by atoms with Crippen LogP contribution in [0.15, 0.2) is 48.1 Å². The zero-order valence-electron chi connectivity index (χ0n) is 13.9. The molecule has 0 aliphatic heterocycles. The Hall–Kier alpha value is -1.30. The summed E-state index contributed by atoms with van der Waals surface area (Å²) in [6.45, 7) is 9.57. The van der Waals surface area contributed by atoms with Crippen LogP contribution in [-0.2, 0) is 6.42 Å². The molecule has 1 aromatic carbocycles. The summed E-state index contributed by atoms with van der Waals surface area (Å²) in [6.07, 6.45) is 10.8. The second kappa shape index (κ2) is 5.48. The summed E-state index contributed by atoms with van der Waals surface area (Å²) in [6, 6.07) is 9.15. The first-order chi connectivity index (χ1) is 10.1. The molecule has 0 radical (unpaired) electrons. The molecule has 2 aliphatic carbocycles. The Balaban J connectivity index is 1.99. The van der Waals surface area contributed by atoms with Crippen molar-refractivity contribution in [1.29, 1.82) is 0 Å². The van der Waals surface area contributed by atoms with Gasteiger partial charge in [0.05, 0.1) is 0 Å². The van der Waals surface area contributed by atoms with Gasteiger partial charge in [0.2, 0.25) is 0 Å². The zero-order valence-corrected chi connectivity index (χ0v) is 13.9. The maximum Gasteiger partial charge on any atom is -0.00216 e. The van der Waals surface area contributed by atoms with Crippen LogP contribution in [0.25, 0.3) is 0 Å². The molecule has 0 heteroatoms. The Labute approximate surface area is 130 Å². The Bertz CT molecular complexity index is 577. The highest BCUT2D eigenvalue weighted by Gasteiger charge is 2.50. The van der Waals surface area contributed by atoms with E-state index >= 15 is 0 Å². The van der Waals surface area contributed by atoms with E-state index in [2.05, 4.69) is 70.2 Å². The topological polar surface area (TPSA) is 0 Å². The number of aryl methyl sites for hydroxylation is 1. The van der Waals surface area contributed by atoms with Crippen LogP contribution in [0.2, 0.25) is 0 Å². The number of hydrogen-bond acceptors (Lipinski definition) is 0. The maximum atomic E-state index is 2.49. The SMILES string of the molecule is CCCc1ccccc1C1CC2C=CC=C(C)C2(C)C1C.